The molecule has 0 aliphatic heterocycles. The number of carbonyl (C=O) groups excluding carboxylic acids is 1. The van der Waals surface area contributed by atoms with Gasteiger partial charge in [-0.2, -0.15) is 0 Å². The van der Waals surface area contributed by atoms with E-state index in [1.807, 2.05) is 32.9 Å². The molecule has 5 nitrogen and oxygen atoms in total. The van der Waals surface area contributed by atoms with Crippen molar-refractivity contribution in [1.82, 2.24) is 15.2 Å². The van der Waals surface area contributed by atoms with Crippen molar-refractivity contribution >= 4 is 6.09 Å². The normalized spacial score (nSPS) is 11.9. The van der Waals surface area contributed by atoms with Gasteiger partial charge >= 0.3 is 6.09 Å². The molecular weight excluding hydrogens is 290 g/mol. The van der Waals surface area contributed by atoms with E-state index < -0.39 is 5.60 Å². The number of carbonyl (C=O) groups is 1. The summed E-state index contributed by atoms with van der Waals surface area (Å²) in [5.41, 5.74) is 3.51. The Morgan fingerprint density at radius 3 is 2.48 bits per heavy atom. The van der Waals surface area contributed by atoms with Crippen LogP contribution in [-0.4, -0.2) is 29.4 Å². The van der Waals surface area contributed by atoms with Crippen molar-refractivity contribution in [3.8, 4) is 0 Å². The number of hydrogen-bond donors (Lipinski definition) is 2. The van der Waals surface area contributed by atoms with Crippen LogP contribution < -0.4 is 10.6 Å². The van der Waals surface area contributed by atoms with Crippen LogP contribution in [0.15, 0.2) is 18.2 Å². The van der Waals surface area contributed by atoms with E-state index in [1.54, 1.807) is 0 Å². The van der Waals surface area contributed by atoms with Crippen LogP contribution in [0.1, 0.15) is 44.6 Å². The number of alkyl carbamates (subject to hydrolysis) is 1. The zero-order valence-electron chi connectivity index (χ0n) is 15.3. The Morgan fingerprint density at radius 1 is 1.26 bits per heavy atom. The molecular formula is C18H31N3O2. The summed E-state index contributed by atoms with van der Waals surface area (Å²) >= 11 is 0. The number of nitrogens with zero attached hydrogens (tertiary/aromatic N) is 1. The van der Waals surface area contributed by atoms with Crippen molar-refractivity contribution in [2.24, 2.45) is 0 Å². The molecule has 1 aromatic heterocycles. The molecule has 23 heavy (non-hydrogen) atoms. The molecule has 5 heteroatoms. The van der Waals surface area contributed by atoms with Crippen molar-refractivity contribution in [2.45, 2.75) is 60.2 Å². The molecule has 0 spiro atoms. The highest BCUT2D eigenvalue weighted by molar-refractivity contribution is 5.67. The largest absolute Gasteiger partial charge is 0.444 e. The second-order valence-corrected chi connectivity index (χ2v) is 6.63. The molecule has 130 valence electrons. The van der Waals surface area contributed by atoms with E-state index in [1.165, 1.54) is 17.0 Å². The van der Waals surface area contributed by atoms with Gasteiger partial charge < -0.3 is 19.9 Å². The van der Waals surface area contributed by atoms with Crippen LogP contribution in [0.3, 0.4) is 0 Å². The topological polar surface area (TPSA) is 55.3 Å². The average Bonchev–Trinajstić information content (AvgIpc) is 2.70. The third-order valence-corrected chi connectivity index (χ3v) is 3.50. The Bertz CT molecular complexity index is 539. The highest BCUT2D eigenvalue weighted by Crippen LogP contribution is 2.14. The van der Waals surface area contributed by atoms with Gasteiger partial charge in [-0.15, -0.1) is 0 Å². The number of hydrogen-bond acceptors (Lipinski definition) is 3. The molecule has 0 atom stereocenters. The summed E-state index contributed by atoms with van der Waals surface area (Å²) in [5.74, 6) is 0. The molecule has 0 bridgehead atoms. The van der Waals surface area contributed by atoms with Gasteiger partial charge in [0.1, 0.15) is 5.60 Å². The molecule has 2 N–H and O–H groups in total. The first kappa shape index (κ1) is 19.3. The summed E-state index contributed by atoms with van der Waals surface area (Å²) in [6.07, 6.45) is 3.55. The minimum atomic E-state index is -0.458. The Balaban J connectivity index is 2.24. The fraction of sp³-hybridized carbons (Fsp3) is 0.611. The fourth-order valence-corrected chi connectivity index (χ4v) is 2.45. The Morgan fingerprint density at radius 2 is 1.91 bits per heavy atom. The van der Waals surface area contributed by atoms with Crippen molar-refractivity contribution in [1.29, 1.82) is 0 Å². The van der Waals surface area contributed by atoms with Gasteiger partial charge in [0, 0.05) is 37.6 Å². The van der Waals surface area contributed by atoms with Crippen molar-refractivity contribution < 1.29 is 9.53 Å². The maximum Gasteiger partial charge on any atom is 0.407 e. The molecule has 1 rings (SSSR count). The van der Waals surface area contributed by atoms with Gasteiger partial charge in [0.15, 0.2) is 0 Å². The molecule has 0 saturated carbocycles. The Kier molecular flexibility index (Phi) is 7.36. The summed E-state index contributed by atoms with van der Waals surface area (Å²) < 4.78 is 7.48. The van der Waals surface area contributed by atoms with Gasteiger partial charge in [0.2, 0.25) is 0 Å². The molecule has 0 fully saturated rings. The van der Waals surface area contributed by atoms with Gasteiger partial charge in [-0.3, -0.25) is 0 Å². The Hall–Kier alpha value is -1.75. The van der Waals surface area contributed by atoms with Gasteiger partial charge in [0.05, 0.1) is 0 Å². The fourth-order valence-electron chi connectivity index (χ4n) is 2.45. The number of ether oxygens (including phenoxy) is 1. The summed E-state index contributed by atoms with van der Waals surface area (Å²) in [6.45, 7) is 15.1. The third-order valence-electron chi connectivity index (χ3n) is 3.50. The zero-order valence-corrected chi connectivity index (χ0v) is 15.3. The van der Waals surface area contributed by atoms with E-state index in [9.17, 15) is 4.79 Å². The molecule has 1 aromatic rings. The van der Waals surface area contributed by atoms with Gasteiger partial charge in [-0.25, -0.2) is 4.79 Å². The van der Waals surface area contributed by atoms with Crippen LogP contribution in [0.5, 0.6) is 0 Å². The van der Waals surface area contributed by atoms with Crippen LogP contribution in [0.2, 0.25) is 0 Å². The van der Waals surface area contributed by atoms with E-state index in [4.69, 9.17) is 4.74 Å². The molecule has 0 unspecified atom stereocenters. The summed E-state index contributed by atoms with van der Waals surface area (Å²) in [4.78, 5) is 11.4. The lowest BCUT2D eigenvalue weighted by molar-refractivity contribution is 0.0534. The summed E-state index contributed by atoms with van der Waals surface area (Å²) in [5, 5.41) is 6.09. The van der Waals surface area contributed by atoms with Crippen molar-refractivity contribution in [3.05, 3.63) is 35.2 Å². The number of rotatable bonds is 7. The van der Waals surface area contributed by atoms with Crippen LogP contribution >= 0.6 is 0 Å². The first-order valence-corrected chi connectivity index (χ1v) is 8.22. The SMILES string of the molecule is CCn1c(C)cc(CNC/C=C/CNC(=O)OC(C)(C)C)c1C. The number of aryl methyl sites for hydroxylation is 1. The second kappa shape index (κ2) is 8.77. The van der Waals surface area contributed by atoms with Gasteiger partial charge in [-0.1, -0.05) is 12.2 Å². The maximum absolute atomic E-state index is 11.4. The molecule has 0 aliphatic carbocycles. The lowest BCUT2D eigenvalue weighted by Crippen LogP contribution is -2.32. The van der Waals surface area contributed by atoms with Crippen molar-refractivity contribution in [3.63, 3.8) is 0 Å². The monoisotopic (exact) mass is 321 g/mol. The average molecular weight is 321 g/mol. The summed E-state index contributed by atoms with van der Waals surface area (Å²) in [6, 6.07) is 2.24. The van der Waals surface area contributed by atoms with E-state index in [0.717, 1.165) is 19.6 Å². The van der Waals surface area contributed by atoms with E-state index >= 15 is 0 Å². The molecule has 0 aliphatic rings. The van der Waals surface area contributed by atoms with Crippen LogP contribution in [0, 0.1) is 13.8 Å². The van der Waals surface area contributed by atoms with Crippen molar-refractivity contribution in [2.75, 3.05) is 13.1 Å². The highest BCUT2D eigenvalue weighted by atomic mass is 16.6. The van der Waals surface area contributed by atoms with Gasteiger partial charge in [0.25, 0.3) is 0 Å². The molecule has 0 saturated heterocycles. The Labute approximate surface area is 140 Å². The molecule has 0 radical (unpaired) electrons. The lowest BCUT2D eigenvalue weighted by atomic mass is 10.2. The van der Waals surface area contributed by atoms with E-state index in [0.29, 0.717) is 6.54 Å². The maximum atomic E-state index is 11.4. The van der Waals surface area contributed by atoms with Crippen LogP contribution in [0.4, 0.5) is 4.79 Å². The first-order valence-electron chi connectivity index (χ1n) is 8.22. The predicted octanol–water partition coefficient (Wildman–Crippen LogP) is 3.30. The first-order chi connectivity index (χ1) is 10.7. The van der Waals surface area contributed by atoms with Gasteiger partial charge in [-0.05, 0) is 53.2 Å². The zero-order chi connectivity index (χ0) is 17.5. The van der Waals surface area contributed by atoms with E-state index in [2.05, 4.69) is 42.0 Å². The molecule has 0 aromatic carbocycles. The third kappa shape index (κ3) is 6.91. The quantitative estimate of drug-likeness (QED) is 0.598. The minimum Gasteiger partial charge on any atom is -0.444 e. The minimum absolute atomic E-state index is 0.387. The standard InChI is InChI=1S/C18H31N3O2/c1-7-21-14(2)12-16(15(21)3)13-19-10-8-9-11-20-17(22)23-18(4,5)6/h8-9,12,19H,7,10-11,13H2,1-6H3,(H,20,22)/b9-8+. The lowest BCUT2D eigenvalue weighted by Gasteiger charge is -2.19. The van der Waals surface area contributed by atoms with Crippen LogP contribution in [0.25, 0.3) is 0 Å². The molecule has 1 amide bonds. The predicted molar refractivity (Wildman–Crippen MR) is 94.7 cm³/mol. The highest BCUT2D eigenvalue weighted by Gasteiger charge is 2.14. The second-order valence-electron chi connectivity index (χ2n) is 6.63. The number of aromatic nitrogens is 1. The summed E-state index contributed by atoms with van der Waals surface area (Å²) in [7, 11) is 0. The smallest absolute Gasteiger partial charge is 0.407 e. The molecule has 1 heterocycles. The number of nitrogens with one attached hydrogen (secondary N) is 2. The van der Waals surface area contributed by atoms with Crippen LogP contribution in [-0.2, 0) is 17.8 Å². The van der Waals surface area contributed by atoms with E-state index in [-0.39, 0.29) is 6.09 Å². The number of amides is 1.